The summed E-state index contributed by atoms with van der Waals surface area (Å²) in [6.07, 6.45) is 1.36. The highest BCUT2D eigenvalue weighted by atomic mass is 32.2. The molecule has 0 unspecified atom stereocenters. The predicted octanol–water partition coefficient (Wildman–Crippen LogP) is 2.53. The van der Waals surface area contributed by atoms with E-state index in [2.05, 4.69) is 21.4 Å². The molecule has 0 saturated heterocycles. The van der Waals surface area contributed by atoms with E-state index < -0.39 is 6.10 Å². The zero-order valence-electron chi connectivity index (χ0n) is 11.9. The van der Waals surface area contributed by atoms with Crippen LogP contribution in [-0.2, 0) is 0 Å². The van der Waals surface area contributed by atoms with Crippen molar-refractivity contribution in [3.8, 4) is 17.3 Å². The van der Waals surface area contributed by atoms with Gasteiger partial charge >= 0.3 is 0 Å². The molecule has 1 heterocycles. The van der Waals surface area contributed by atoms with E-state index in [-0.39, 0.29) is 0 Å². The number of aromatic nitrogens is 2. The normalized spacial score (nSPS) is 11.7. The summed E-state index contributed by atoms with van der Waals surface area (Å²) in [5, 5.41) is 22.4. The molecule has 108 valence electrons. The van der Waals surface area contributed by atoms with Crippen LogP contribution in [0.25, 0.3) is 11.3 Å². The van der Waals surface area contributed by atoms with Crippen molar-refractivity contribution >= 4 is 17.6 Å². The first-order valence-corrected chi connectivity index (χ1v) is 7.71. The van der Waals surface area contributed by atoms with Gasteiger partial charge in [-0.15, -0.1) is 0 Å². The number of nitrogens with zero attached hydrogens (tertiary/aromatic N) is 3. The minimum atomic E-state index is -0.524. The molecule has 0 radical (unpaired) electrons. The van der Waals surface area contributed by atoms with Crippen molar-refractivity contribution in [1.29, 1.82) is 5.26 Å². The van der Waals surface area contributed by atoms with Crippen LogP contribution in [0.3, 0.4) is 0 Å². The summed E-state index contributed by atoms with van der Waals surface area (Å²) in [4.78, 5) is 8.77. The Kier molecular flexibility index (Phi) is 5.14. The van der Waals surface area contributed by atoms with Crippen LogP contribution in [-0.4, -0.2) is 34.0 Å². The Morgan fingerprint density at radius 3 is 2.62 bits per heavy atom. The van der Waals surface area contributed by atoms with E-state index >= 15 is 0 Å². The summed E-state index contributed by atoms with van der Waals surface area (Å²) in [6.45, 7) is 2.00. The first kappa shape index (κ1) is 15.3. The summed E-state index contributed by atoms with van der Waals surface area (Å²) in [5.41, 5.74) is 1.86. The van der Waals surface area contributed by atoms with Gasteiger partial charge in [-0.2, -0.15) is 5.26 Å². The van der Waals surface area contributed by atoms with Crippen LogP contribution in [0.15, 0.2) is 35.5 Å². The van der Waals surface area contributed by atoms with E-state index in [0.717, 1.165) is 5.56 Å². The zero-order chi connectivity index (χ0) is 15.2. The summed E-state index contributed by atoms with van der Waals surface area (Å²) < 4.78 is 0. The Hall–Kier alpha value is -2.10. The van der Waals surface area contributed by atoms with Gasteiger partial charge in [-0.25, -0.2) is 9.97 Å². The van der Waals surface area contributed by atoms with Gasteiger partial charge in [-0.05, 0) is 13.2 Å². The number of aliphatic hydroxyl groups is 1. The molecule has 5 nitrogen and oxygen atoms in total. The third kappa shape index (κ3) is 3.72. The van der Waals surface area contributed by atoms with Gasteiger partial charge in [0.2, 0.25) is 0 Å². The standard InChI is InChI=1S/C15H16N4OS/c1-10(20)9-17-14-12(8-16)13(18-15(19-14)21-2)11-6-4-3-5-7-11/h3-7,10,20H,9H2,1-2H3,(H,17,18,19)/t10-/m1/s1. The minimum Gasteiger partial charge on any atom is -0.392 e. The Morgan fingerprint density at radius 1 is 1.33 bits per heavy atom. The smallest absolute Gasteiger partial charge is 0.189 e. The Balaban J connectivity index is 2.53. The molecule has 0 saturated carbocycles. The first-order valence-electron chi connectivity index (χ1n) is 6.49. The van der Waals surface area contributed by atoms with Crippen molar-refractivity contribution in [2.45, 2.75) is 18.2 Å². The second-order valence-corrected chi connectivity index (χ2v) is 5.26. The second kappa shape index (κ2) is 7.07. The Bertz CT molecular complexity index is 653. The zero-order valence-corrected chi connectivity index (χ0v) is 12.7. The number of hydrogen-bond donors (Lipinski definition) is 2. The molecule has 21 heavy (non-hydrogen) atoms. The van der Waals surface area contributed by atoms with Crippen LogP contribution in [0.4, 0.5) is 5.82 Å². The fourth-order valence-corrected chi connectivity index (χ4v) is 2.18. The van der Waals surface area contributed by atoms with Gasteiger partial charge in [0.05, 0.1) is 11.8 Å². The topological polar surface area (TPSA) is 81.8 Å². The van der Waals surface area contributed by atoms with Crippen LogP contribution in [0.5, 0.6) is 0 Å². The molecule has 2 rings (SSSR count). The van der Waals surface area contributed by atoms with Crippen molar-refractivity contribution in [3.05, 3.63) is 35.9 Å². The molecule has 0 amide bonds. The fourth-order valence-electron chi connectivity index (χ4n) is 1.81. The number of rotatable bonds is 5. The van der Waals surface area contributed by atoms with Gasteiger partial charge in [0, 0.05) is 12.1 Å². The van der Waals surface area contributed by atoms with Gasteiger partial charge in [-0.1, -0.05) is 42.1 Å². The number of anilines is 1. The van der Waals surface area contributed by atoms with E-state index in [1.165, 1.54) is 11.8 Å². The van der Waals surface area contributed by atoms with Crippen molar-refractivity contribution in [2.75, 3.05) is 18.1 Å². The number of aliphatic hydroxyl groups excluding tert-OH is 1. The van der Waals surface area contributed by atoms with Crippen molar-refractivity contribution in [3.63, 3.8) is 0 Å². The first-order chi connectivity index (χ1) is 10.2. The maximum atomic E-state index is 9.45. The highest BCUT2D eigenvalue weighted by Crippen LogP contribution is 2.28. The SMILES string of the molecule is CSc1nc(NC[C@@H](C)O)c(C#N)c(-c2ccccc2)n1. The van der Waals surface area contributed by atoms with Gasteiger partial charge in [0.15, 0.2) is 5.16 Å². The molecule has 2 aromatic rings. The summed E-state index contributed by atoms with van der Waals surface area (Å²) in [7, 11) is 0. The number of nitrogens with one attached hydrogen (secondary N) is 1. The van der Waals surface area contributed by atoms with Gasteiger partial charge in [0.25, 0.3) is 0 Å². The number of benzene rings is 1. The lowest BCUT2D eigenvalue weighted by Gasteiger charge is -2.13. The third-order valence-electron chi connectivity index (χ3n) is 2.80. The molecule has 0 fully saturated rings. The molecule has 0 bridgehead atoms. The molecule has 0 aliphatic carbocycles. The van der Waals surface area contributed by atoms with Crippen LogP contribution >= 0.6 is 11.8 Å². The summed E-state index contributed by atoms with van der Waals surface area (Å²) >= 11 is 1.41. The van der Waals surface area contributed by atoms with Crippen molar-refractivity contribution in [2.24, 2.45) is 0 Å². The maximum absolute atomic E-state index is 9.45. The highest BCUT2D eigenvalue weighted by Gasteiger charge is 2.15. The fraction of sp³-hybridized carbons (Fsp3) is 0.267. The quantitative estimate of drug-likeness (QED) is 0.652. The maximum Gasteiger partial charge on any atom is 0.189 e. The Labute approximate surface area is 128 Å². The van der Waals surface area contributed by atoms with Crippen LogP contribution in [0.2, 0.25) is 0 Å². The summed E-state index contributed by atoms with van der Waals surface area (Å²) in [5.74, 6) is 0.455. The number of nitriles is 1. The number of hydrogen-bond acceptors (Lipinski definition) is 6. The Morgan fingerprint density at radius 2 is 2.05 bits per heavy atom. The van der Waals surface area contributed by atoms with Gasteiger partial charge < -0.3 is 10.4 Å². The molecule has 1 aromatic carbocycles. The van der Waals surface area contributed by atoms with Crippen LogP contribution in [0, 0.1) is 11.3 Å². The average molecular weight is 300 g/mol. The van der Waals surface area contributed by atoms with E-state index in [9.17, 15) is 10.4 Å². The molecule has 6 heteroatoms. The van der Waals surface area contributed by atoms with Crippen LogP contribution < -0.4 is 5.32 Å². The van der Waals surface area contributed by atoms with Crippen molar-refractivity contribution < 1.29 is 5.11 Å². The average Bonchev–Trinajstić information content (AvgIpc) is 2.52. The minimum absolute atomic E-state index is 0.327. The second-order valence-electron chi connectivity index (χ2n) is 4.49. The largest absolute Gasteiger partial charge is 0.392 e. The van der Waals surface area contributed by atoms with Crippen molar-refractivity contribution in [1.82, 2.24) is 9.97 Å². The lowest BCUT2D eigenvalue weighted by Crippen LogP contribution is -2.17. The molecular formula is C15H16N4OS. The molecule has 0 aliphatic rings. The van der Waals surface area contributed by atoms with E-state index in [1.54, 1.807) is 6.92 Å². The lowest BCUT2D eigenvalue weighted by atomic mass is 10.1. The summed E-state index contributed by atoms with van der Waals surface area (Å²) in [6, 6.07) is 11.7. The molecule has 1 atom stereocenters. The van der Waals surface area contributed by atoms with E-state index in [0.29, 0.717) is 28.8 Å². The van der Waals surface area contributed by atoms with E-state index in [4.69, 9.17) is 0 Å². The molecular weight excluding hydrogens is 284 g/mol. The van der Waals surface area contributed by atoms with Gasteiger partial charge in [0.1, 0.15) is 17.5 Å². The monoisotopic (exact) mass is 300 g/mol. The number of thioether (sulfide) groups is 1. The molecule has 1 aromatic heterocycles. The molecule has 0 spiro atoms. The van der Waals surface area contributed by atoms with Crippen LogP contribution in [0.1, 0.15) is 12.5 Å². The highest BCUT2D eigenvalue weighted by molar-refractivity contribution is 7.98. The molecule has 2 N–H and O–H groups in total. The predicted molar refractivity (Wildman–Crippen MR) is 84.1 cm³/mol. The lowest BCUT2D eigenvalue weighted by molar-refractivity contribution is 0.208. The van der Waals surface area contributed by atoms with Gasteiger partial charge in [-0.3, -0.25) is 0 Å². The molecule has 0 aliphatic heterocycles. The third-order valence-corrected chi connectivity index (χ3v) is 3.34. The van der Waals surface area contributed by atoms with E-state index in [1.807, 2.05) is 36.6 Å².